The molecule has 0 fully saturated rings. The van der Waals surface area contributed by atoms with Crippen LogP contribution in [0.4, 0.5) is 0 Å². The second-order valence-corrected chi connectivity index (χ2v) is 13.9. The van der Waals surface area contributed by atoms with Crippen LogP contribution >= 0.6 is 0 Å². The lowest BCUT2D eigenvalue weighted by Crippen LogP contribution is -2.41. The quantitative estimate of drug-likeness (QED) is 0.136. The van der Waals surface area contributed by atoms with Gasteiger partial charge in [-0.1, -0.05) is 24.8 Å². The number of amides is 1. The molecule has 1 aliphatic carbocycles. The van der Waals surface area contributed by atoms with Crippen molar-refractivity contribution >= 4 is 68.7 Å². The Morgan fingerprint density at radius 1 is 0.926 bits per heavy atom. The highest BCUT2D eigenvalue weighted by Gasteiger charge is 2.53. The van der Waals surface area contributed by atoms with E-state index in [0.29, 0.717) is 58.9 Å². The molecule has 0 aromatic carbocycles. The predicted molar refractivity (Wildman–Crippen MR) is 207 cm³/mol. The van der Waals surface area contributed by atoms with Crippen LogP contribution in [0.1, 0.15) is 78.1 Å². The number of hydrogen-bond acceptors (Lipinski definition) is 8. The molecule has 3 aromatic heterocycles. The molecule has 0 radical (unpaired) electrons. The third kappa shape index (κ3) is 6.55. The Bertz CT molecular complexity index is 2390. The summed E-state index contributed by atoms with van der Waals surface area (Å²) in [5, 5.41) is 23.2. The molecule has 54 heavy (non-hydrogen) atoms. The first-order valence-corrected chi connectivity index (χ1v) is 17.7. The van der Waals surface area contributed by atoms with E-state index in [1.807, 2.05) is 39.0 Å². The Balaban J connectivity index is 1.72. The highest BCUT2D eigenvalue weighted by molar-refractivity contribution is 6.01. The molecule has 13 heteroatoms. The van der Waals surface area contributed by atoms with Crippen molar-refractivity contribution in [1.29, 1.82) is 0 Å². The fourth-order valence-electron chi connectivity index (χ4n) is 7.79. The van der Waals surface area contributed by atoms with Crippen LogP contribution in [0.3, 0.4) is 0 Å². The number of H-pyrrole nitrogens is 2. The lowest BCUT2D eigenvalue weighted by atomic mass is 9.64. The van der Waals surface area contributed by atoms with E-state index in [0.717, 1.165) is 44.4 Å². The zero-order valence-corrected chi connectivity index (χ0v) is 31.0. The zero-order valence-electron chi connectivity index (χ0n) is 31.0. The van der Waals surface area contributed by atoms with Crippen LogP contribution in [0, 0.1) is 19.8 Å². The van der Waals surface area contributed by atoms with E-state index in [2.05, 4.69) is 21.9 Å². The molecule has 8 bridgehead atoms. The largest absolute Gasteiger partial charge is 0.481 e. The number of carbonyl (C=O) groups is 4. The fourth-order valence-corrected chi connectivity index (χ4v) is 7.79. The van der Waals surface area contributed by atoms with Gasteiger partial charge >= 0.3 is 17.9 Å². The first-order chi connectivity index (χ1) is 25.7. The summed E-state index contributed by atoms with van der Waals surface area (Å²) in [6.07, 6.45) is 5.64. The lowest BCUT2D eigenvalue weighted by molar-refractivity contribution is -0.146. The second kappa shape index (κ2) is 14.7. The summed E-state index contributed by atoms with van der Waals surface area (Å²) >= 11 is 0. The standard InChI is InChI=1S/C41H44N6O7/c1-7-23-20(2)29-17-34-27-11-8-26(40(53)54-6)38(39(51)52)41(27,5)35(47-34)19-30-22(4)25(10-13-37(49)50)33(46-30)18-32-24(9-12-36(48)43-15-14-42)21(3)28(45-32)16-31(23)44-29/h7-8,11,16-19,38,44,46H,1,9-10,12-15,42H2,2-6H3,(H,43,48)(H,49,50)(H,51,52). The molecule has 6 rings (SSSR count). The normalized spacial score (nSPS) is 17.7. The molecule has 0 saturated carbocycles. The number of hydrogen-bond donors (Lipinski definition) is 6. The van der Waals surface area contributed by atoms with Crippen LogP contribution in [-0.4, -0.2) is 74.2 Å². The van der Waals surface area contributed by atoms with Crippen LogP contribution in [0.25, 0.3) is 44.9 Å². The third-order valence-electron chi connectivity index (χ3n) is 10.8. The zero-order chi connectivity index (χ0) is 39.1. The van der Waals surface area contributed by atoms with Crippen molar-refractivity contribution in [2.75, 3.05) is 20.2 Å². The molecule has 280 valence electrons. The minimum atomic E-state index is -1.34. The first kappa shape index (κ1) is 37.7. The number of aromatic amines is 2. The molecular formula is C41H44N6O7. The van der Waals surface area contributed by atoms with E-state index < -0.39 is 29.2 Å². The van der Waals surface area contributed by atoms with Crippen molar-refractivity contribution in [2.24, 2.45) is 11.7 Å². The summed E-state index contributed by atoms with van der Waals surface area (Å²) in [6.45, 7) is 12.3. The average Bonchev–Trinajstić information content (AvgIpc) is 3.79. The molecule has 5 heterocycles. The van der Waals surface area contributed by atoms with E-state index in [4.69, 9.17) is 20.4 Å². The molecule has 13 nitrogen and oxygen atoms in total. The van der Waals surface area contributed by atoms with Gasteiger partial charge in [0.05, 0.1) is 40.9 Å². The molecule has 2 unspecified atom stereocenters. The molecule has 7 N–H and O–H groups in total. The number of rotatable bonds is 11. The second-order valence-electron chi connectivity index (χ2n) is 13.9. The molecule has 1 amide bonds. The summed E-state index contributed by atoms with van der Waals surface area (Å²) in [5.74, 6) is -4.40. The van der Waals surface area contributed by atoms with Gasteiger partial charge in [-0.2, -0.15) is 0 Å². The van der Waals surface area contributed by atoms with Crippen molar-refractivity contribution in [1.82, 2.24) is 25.3 Å². The maximum atomic E-state index is 13.1. The van der Waals surface area contributed by atoms with Crippen molar-refractivity contribution in [3.8, 4) is 0 Å². The number of aromatic nitrogens is 4. The van der Waals surface area contributed by atoms with Crippen molar-refractivity contribution < 1.29 is 34.1 Å². The van der Waals surface area contributed by atoms with Gasteiger partial charge in [0.2, 0.25) is 5.91 Å². The van der Waals surface area contributed by atoms with E-state index >= 15 is 0 Å². The number of aryl methyl sites for hydroxylation is 3. The summed E-state index contributed by atoms with van der Waals surface area (Å²) in [6, 6.07) is 7.46. The monoisotopic (exact) mass is 732 g/mol. The lowest BCUT2D eigenvalue weighted by Gasteiger charge is -2.35. The third-order valence-corrected chi connectivity index (χ3v) is 10.8. The maximum absolute atomic E-state index is 13.1. The van der Waals surface area contributed by atoms with Crippen LogP contribution in [-0.2, 0) is 35.8 Å². The first-order valence-electron chi connectivity index (χ1n) is 17.7. The van der Waals surface area contributed by atoms with Gasteiger partial charge in [0.25, 0.3) is 0 Å². The van der Waals surface area contributed by atoms with Gasteiger partial charge in [-0.3, -0.25) is 19.4 Å². The van der Waals surface area contributed by atoms with Crippen molar-refractivity contribution in [3.63, 3.8) is 0 Å². The Morgan fingerprint density at radius 3 is 2.28 bits per heavy atom. The molecule has 0 saturated heterocycles. The number of fused-ring (bicyclic) bond motifs is 11. The Kier molecular flexibility index (Phi) is 10.3. The van der Waals surface area contributed by atoms with E-state index in [9.17, 15) is 29.4 Å². The number of nitrogens with one attached hydrogen (secondary N) is 3. The van der Waals surface area contributed by atoms with E-state index in [1.54, 1.807) is 25.1 Å². The summed E-state index contributed by atoms with van der Waals surface area (Å²) in [5.41, 5.74) is 14.8. The van der Waals surface area contributed by atoms with Gasteiger partial charge in [-0.25, -0.2) is 9.78 Å². The molecule has 0 spiro atoms. The topological polar surface area (TPSA) is 213 Å². The minimum absolute atomic E-state index is 0.0109. The number of allylic oxidation sites excluding steroid dienone is 5. The molecule has 2 atom stereocenters. The van der Waals surface area contributed by atoms with E-state index in [-0.39, 0.29) is 30.7 Å². The van der Waals surface area contributed by atoms with Gasteiger partial charge in [0, 0.05) is 53.6 Å². The SMILES string of the molecule is C=Cc1c(C)c2cc3nc(cc4[nH]c(cc5nc(cc1[nH]2)C(C)=C5CCC(=O)NCCN)c(CCC(=O)O)c4C)C1(C)C3=CC=C(C(=O)OC)C1C(=O)O. The van der Waals surface area contributed by atoms with Crippen LogP contribution in [0.15, 0.2) is 48.6 Å². The molecule has 3 aromatic rings. The van der Waals surface area contributed by atoms with Gasteiger partial charge in [0.1, 0.15) is 5.92 Å². The number of nitrogens with zero attached hydrogens (tertiary/aromatic N) is 2. The number of methoxy groups -OCH3 is 1. The van der Waals surface area contributed by atoms with Gasteiger partial charge in [-0.05, 0) is 98.2 Å². The van der Waals surface area contributed by atoms with Gasteiger partial charge < -0.3 is 36.0 Å². The highest BCUT2D eigenvalue weighted by atomic mass is 16.5. The number of esters is 1. The predicted octanol–water partition coefficient (Wildman–Crippen LogP) is 5.53. The number of nitrogens with two attached hydrogens (primary N) is 1. The van der Waals surface area contributed by atoms with Gasteiger partial charge in [0.15, 0.2) is 0 Å². The summed E-state index contributed by atoms with van der Waals surface area (Å²) in [7, 11) is 1.21. The fraction of sp³-hybridized carbons (Fsp3) is 0.317. The number of ether oxygens (including phenoxy) is 1. The molecule has 2 aliphatic heterocycles. The number of carbonyl (C=O) groups excluding carboxylic acids is 2. The van der Waals surface area contributed by atoms with Crippen LogP contribution in [0.2, 0.25) is 0 Å². The van der Waals surface area contributed by atoms with Crippen LogP contribution in [0.5, 0.6) is 0 Å². The van der Waals surface area contributed by atoms with Crippen molar-refractivity contribution in [3.05, 3.63) is 93.6 Å². The summed E-state index contributed by atoms with van der Waals surface area (Å²) in [4.78, 5) is 67.7. The van der Waals surface area contributed by atoms with Gasteiger partial charge in [-0.15, -0.1) is 0 Å². The average molecular weight is 733 g/mol. The van der Waals surface area contributed by atoms with Crippen molar-refractivity contribution in [2.45, 2.75) is 58.8 Å². The Hall–Kier alpha value is -6.08. The minimum Gasteiger partial charge on any atom is -0.481 e. The maximum Gasteiger partial charge on any atom is 0.334 e. The Morgan fingerprint density at radius 2 is 1.61 bits per heavy atom. The number of aliphatic carboxylic acids is 2. The molecular weight excluding hydrogens is 688 g/mol. The Labute approximate surface area is 311 Å². The number of carboxylic acid groups (broad SMARTS) is 2. The van der Waals surface area contributed by atoms with E-state index in [1.165, 1.54) is 13.2 Å². The summed E-state index contributed by atoms with van der Waals surface area (Å²) < 4.78 is 5.02. The smallest absolute Gasteiger partial charge is 0.334 e. The highest BCUT2D eigenvalue weighted by Crippen LogP contribution is 2.52. The molecule has 3 aliphatic rings. The van der Waals surface area contributed by atoms with Crippen LogP contribution < -0.4 is 11.1 Å². The number of carboxylic acids is 2.